The van der Waals surface area contributed by atoms with Gasteiger partial charge in [-0.2, -0.15) is 20.3 Å². The Morgan fingerprint density at radius 2 is 1.44 bits per heavy atom. The molecule has 3 saturated carbocycles. The zero-order chi connectivity index (χ0) is 42.4. The molecule has 4 heterocycles. The lowest BCUT2D eigenvalue weighted by molar-refractivity contribution is -0.761. The minimum Gasteiger partial charge on any atom is -0.488 e. The molecule has 3 aliphatic carbocycles. The van der Waals surface area contributed by atoms with Crippen LogP contribution in [-0.4, -0.2) is 59.5 Å². The van der Waals surface area contributed by atoms with E-state index in [0.29, 0.717) is 64.6 Å². The summed E-state index contributed by atoms with van der Waals surface area (Å²) >= 11 is 0. The van der Waals surface area contributed by atoms with E-state index in [0.717, 1.165) is 37.7 Å². The Bertz CT molecular complexity index is 2680. The van der Waals surface area contributed by atoms with Gasteiger partial charge in [-0.1, -0.05) is 6.92 Å². The number of rotatable bonds is 12. The Hall–Kier alpha value is -7.02. The highest BCUT2D eigenvalue weighted by molar-refractivity contribution is 5.73. The van der Waals surface area contributed by atoms with E-state index in [9.17, 15) is 5.26 Å². The van der Waals surface area contributed by atoms with E-state index in [1.807, 2.05) is 35.9 Å². The van der Waals surface area contributed by atoms with Crippen LogP contribution in [-0.2, 0) is 5.41 Å². The summed E-state index contributed by atoms with van der Waals surface area (Å²) in [6.07, 6.45) is 10.1. The lowest BCUT2D eigenvalue weighted by Gasteiger charge is -2.23. The summed E-state index contributed by atoms with van der Waals surface area (Å²) < 4.78 is 47.5. The number of anilines is 4. The second-order valence-electron chi connectivity index (χ2n) is 16.3. The van der Waals surface area contributed by atoms with Crippen LogP contribution in [0.15, 0.2) is 61.2 Å². The molecule has 16 nitrogen and oxygen atoms in total. The number of nitriles is 2. The third-order valence-electron chi connectivity index (χ3n) is 11.9. The summed E-state index contributed by atoms with van der Waals surface area (Å²) in [6, 6.07) is 12.8. The molecule has 3 fully saturated rings. The predicted molar refractivity (Wildman–Crippen MR) is 219 cm³/mol. The molecule has 0 aliphatic heterocycles. The maximum absolute atomic E-state index is 16.4. The van der Waals surface area contributed by atoms with Crippen LogP contribution in [0.25, 0.3) is 22.5 Å². The molecule has 4 aromatic heterocycles. The number of nitrogens with zero attached hydrogens (tertiary/aromatic N) is 8. The van der Waals surface area contributed by atoms with Crippen LogP contribution in [0.1, 0.15) is 80.4 Å². The van der Waals surface area contributed by atoms with Crippen LogP contribution in [0.4, 0.5) is 32.1 Å². The molecule has 9 rings (SSSR count). The van der Waals surface area contributed by atoms with E-state index in [1.165, 1.54) is 30.9 Å². The first-order chi connectivity index (χ1) is 29.5. The van der Waals surface area contributed by atoms with Crippen molar-refractivity contribution in [2.24, 2.45) is 11.5 Å². The van der Waals surface area contributed by atoms with Gasteiger partial charge in [-0.15, -0.1) is 0 Å². The van der Waals surface area contributed by atoms with Crippen molar-refractivity contribution < 1.29 is 22.9 Å². The molecule has 0 spiro atoms. The Labute approximate surface area is 349 Å². The van der Waals surface area contributed by atoms with Crippen molar-refractivity contribution in [2.75, 3.05) is 10.6 Å². The smallest absolute Gasteiger partial charge is 0.302 e. The molecule has 3 aliphatic rings. The first kappa shape index (κ1) is 39.4. The molecular weight excluding hydrogens is 783 g/mol. The van der Waals surface area contributed by atoms with Gasteiger partial charge in [-0.05, 0) is 92.7 Å². The zero-order valence-corrected chi connectivity index (χ0v) is 33.4. The van der Waals surface area contributed by atoms with Gasteiger partial charge in [-0.3, -0.25) is 5.10 Å². The average molecular weight is 826 g/mol. The van der Waals surface area contributed by atoms with Gasteiger partial charge in [0.25, 0.3) is 0 Å². The van der Waals surface area contributed by atoms with Crippen LogP contribution >= 0.6 is 0 Å². The number of aromatic nitrogens is 8. The average Bonchev–Trinajstić information content (AvgIpc) is 3.62. The number of ether oxygens (including phenoxy) is 2. The number of hydrogen-bond acceptors (Lipinski definition) is 13. The van der Waals surface area contributed by atoms with Crippen molar-refractivity contribution in [2.45, 2.75) is 94.5 Å². The van der Waals surface area contributed by atoms with Gasteiger partial charge in [0.1, 0.15) is 59.3 Å². The molecule has 18 heteroatoms. The van der Waals surface area contributed by atoms with E-state index in [4.69, 9.17) is 26.2 Å². The molecule has 310 valence electrons. The van der Waals surface area contributed by atoms with E-state index >= 15 is 8.78 Å². The van der Waals surface area contributed by atoms with E-state index < -0.39 is 29.8 Å². The molecule has 61 heavy (non-hydrogen) atoms. The summed E-state index contributed by atoms with van der Waals surface area (Å²) in [5.41, 5.74) is 16.4. The van der Waals surface area contributed by atoms with Gasteiger partial charge >= 0.3 is 5.82 Å². The maximum Gasteiger partial charge on any atom is 0.302 e. The van der Waals surface area contributed by atoms with Gasteiger partial charge in [0.15, 0.2) is 17.2 Å². The second-order valence-corrected chi connectivity index (χ2v) is 16.3. The molecule has 8 N–H and O–H groups in total. The fourth-order valence-electron chi connectivity index (χ4n) is 8.25. The van der Waals surface area contributed by atoms with Crippen LogP contribution in [0, 0.1) is 41.2 Å². The largest absolute Gasteiger partial charge is 0.488 e. The van der Waals surface area contributed by atoms with Gasteiger partial charge in [0.05, 0.1) is 59.4 Å². The topological polar surface area (TPSA) is 242 Å². The molecule has 6 aromatic rings. The molecule has 0 amide bonds. The number of aryl methyl sites for hydroxylation is 1. The fourth-order valence-corrected chi connectivity index (χ4v) is 8.25. The van der Waals surface area contributed by atoms with Gasteiger partial charge in [-0.25, -0.2) is 39.1 Å². The summed E-state index contributed by atoms with van der Waals surface area (Å²) in [4.78, 5) is 16.7. The fraction of sp³-hybridized carbons (Fsp3) is 0.349. The molecular formula is C43H43F2N14O2+. The third-order valence-corrected chi connectivity index (χ3v) is 11.9. The number of nitrogens with two attached hydrogens (primary N) is 2. The molecule has 1 unspecified atom stereocenters. The monoisotopic (exact) mass is 825 g/mol. The summed E-state index contributed by atoms with van der Waals surface area (Å²) in [6.45, 7) is 3.91. The highest BCUT2D eigenvalue weighted by Gasteiger charge is 2.44. The van der Waals surface area contributed by atoms with E-state index in [2.05, 4.69) is 52.8 Å². The Kier molecular flexibility index (Phi) is 10.3. The zero-order valence-electron chi connectivity index (χ0n) is 33.4. The van der Waals surface area contributed by atoms with Gasteiger partial charge in [0, 0.05) is 12.1 Å². The van der Waals surface area contributed by atoms with Crippen molar-refractivity contribution in [1.82, 2.24) is 35.2 Å². The minimum atomic E-state index is -0.635. The van der Waals surface area contributed by atoms with Crippen molar-refractivity contribution in [3.05, 3.63) is 95.3 Å². The quantitative estimate of drug-likeness (QED) is 0.0757. The molecule has 5 atom stereocenters. The lowest BCUT2D eigenvalue weighted by atomic mass is 9.95. The maximum atomic E-state index is 16.4. The Balaban J connectivity index is 1.05. The lowest BCUT2D eigenvalue weighted by Crippen LogP contribution is -2.52. The SMILES string of the molecule is Cc1cc(F)c(-c2cc(Nc3cnc(C#N)cn3)[n+](C3CC[C@@H](Oc4cc(C5(C)CC5)cc(F)c4-c4cc(Nc5cnc(C#N)cn5)n[nH]4)[C@@H]3N)[nH]2)c(O[C@@H]2CCC[C@H]2N)c1. The summed E-state index contributed by atoms with van der Waals surface area (Å²) in [5.74, 6) is 1.28. The van der Waals surface area contributed by atoms with E-state index in [-0.39, 0.29) is 40.1 Å². The van der Waals surface area contributed by atoms with Crippen molar-refractivity contribution in [3.63, 3.8) is 0 Å². The first-order valence-electron chi connectivity index (χ1n) is 20.2. The number of benzene rings is 2. The van der Waals surface area contributed by atoms with Crippen LogP contribution in [0.2, 0.25) is 0 Å². The number of halogens is 2. The van der Waals surface area contributed by atoms with Crippen molar-refractivity contribution in [3.8, 4) is 46.2 Å². The minimum absolute atomic E-state index is 0.151. The number of nitrogens with one attached hydrogen (secondary N) is 4. The summed E-state index contributed by atoms with van der Waals surface area (Å²) in [5, 5.41) is 35.4. The van der Waals surface area contributed by atoms with Crippen molar-refractivity contribution >= 4 is 23.3 Å². The Morgan fingerprint density at radius 3 is 2.10 bits per heavy atom. The first-order valence-corrected chi connectivity index (χ1v) is 20.2. The molecule has 2 aromatic carbocycles. The normalized spacial score (nSPS) is 21.4. The van der Waals surface area contributed by atoms with Gasteiger partial charge in [0.2, 0.25) is 5.82 Å². The van der Waals surface area contributed by atoms with Crippen molar-refractivity contribution in [1.29, 1.82) is 10.5 Å². The Morgan fingerprint density at radius 1 is 0.770 bits per heavy atom. The highest BCUT2D eigenvalue weighted by atomic mass is 19.1. The standard InChI is InChI=1S/C43H42F2N14O2/c1-22-10-26(44)41(34(11-22)60-32-5-3-4-28(32)48)30-15-39(55-38-21-51-25(17-47)19-53-38)59(58-30)31-6-7-33(42(31)49)61-35-13-23(43(2)8-9-43)12-27(45)40(35)29-14-36(57-56-29)54-37-20-50-24(16-46)18-52-37/h10-15,18-21,28,31-33,42H,3-9,48-49H2,1-2H3,(H3,50,51,52,53,54,55,56,57,58)/p+1/t28-,31?,32-,33-,42-/m1/s1. The number of aromatic amines is 2. The number of H-pyrrole nitrogens is 2. The van der Waals surface area contributed by atoms with E-state index in [1.54, 1.807) is 18.2 Å². The number of hydrogen-bond donors (Lipinski definition) is 6. The molecule has 0 saturated heterocycles. The molecule has 0 radical (unpaired) electrons. The van der Waals surface area contributed by atoms with Crippen LogP contribution in [0.5, 0.6) is 11.5 Å². The molecule has 0 bridgehead atoms. The third kappa shape index (κ3) is 7.90. The second kappa shape index (κ2) is 15.9. The summed E-state index contributed by atoms with van der Waals surface area (Å²) in [7, 11) is 0. The van der Waals surface area contributed by atoms with Crippen LogP contribution in [0.3, 0.4) is 0 Å². The highest BCUT2D eigenvalue weighted by Crippen LogP contribution is 2.50. The van der Waals surface area contributed by atoms with Gasteiger partial charge < -0.3 is 26.3 Å². The predicted octanol–water partition coefficient (Wildman–Crippen LogP) is 6.18. The van der Waals surface area contributed by atoms with Crippen LogP contribution < -0.4 is 36.3 Å².